The molecule has 0 aromatic rings. The van der Waals surface area contributed by atoms with Crippen molar-refractivity contribution in [1.82, 2.24) is 19.6 Å². The molecule has 14 nitrogen and oxygen atoms in total. The minimum atomic E-state index is -0.723. The summed E-state index contributed by atoms with van der Waals surface area (Å²) in [6.45, 7) is 14.0. The predicted molar refractivity (Wildman–Crippen MR) is 149 cm³/mol. The molecule has 14 heteroatoms. The van der Waals surface area contributed by atoms with Crippen LogP contribution in [0.3, 0.4) is 0 Å². The first kappa shape index (κ1) is 32.4. The minimum Gasteiger partial charge on any atom is -0.466 e. The smallest absolute Gasteiger partial charge is 0.437 e. The van der Waals surface area contributed by atoms with Crippen molar-refractivity contribution in [2.24, 2.45) is 10.7 Å². The lowest BCUT2D eigenvalue weighted by Crippen LogP contribution is -2.55. The number of rotatable bonds is 9. The molecular weight excluding hydrogens is 536 g/mol. The Morgan fingerprint density at radius 2 is 1.66 bits per heavy atom. The van der Waals surface area contributed by atoms with Crippen LogP contribution in [-0.4, -0.2) is 139 Å². The van der Waals surface area contributed by atoms with Crippen molar-refractivity contribution in [3.05, 3.63) is 0 Å². The number of carbonyl (C=O) groups excluding carboxylic acids is 4. The Bertz CT molecular complexity index is 954. The molecule has 2 unspecified atom stereocenters. The van der Waals surface area contributed by atoms with Crippen molar-refractivity contribution in [3.8, 4) is 0 Å². The molecule has 3 rings (SSSR count). The number of cyclic esters (lactones) is 1. The van der Waals surface area contributed by atoms with E-state index in [1.165, 1.54) is 0 Å². The summed E-state index contributed by atoms with van der Waals surface area (Å²) >= 11 is 0. The number of guanidine groups is 1. The summed E-state index contributed by atoms with van der Waals surface area (Å²) < 4.78 is 21.2. The summed E-state index contributed by atoms with van der Waals surface area (Å²) in [6, 6.07) is -0.659. The van der Waals surface area contributed by atoms with Crippen molar-refractivity contribution in [2.45, 2.75) is 77.7 Å². The van der Waals surface area contributed by atoms with Gasteiger partial charge in [0, 0.05) is 51.9 Å². The molecule has 0 spiro atoms. The van der Waals surface area contributed by atoms with E-state index in [1.807, 2.05) is 9.80 Å². The van der Waals surface area contributed by atoms with Gasteiger partial charge in [-0.2, -0.15) is 0 Å². The zero-order valence-corrected chi connectivity index (χ0v) is 25.0. The summed E-state index contributed by atoms with van der Waals surface area (Å²) in [6.07, 6.45) is 0.0191. The van der Waals surface area contributed by atoms with E-state index in [-0.39, 0.29) is 43.8 Å². The molecular formula is C27H46N6O8. The summed E-state index contributed by atoms with van der Waals surface area (Å²) in [5.74, 6) is -0.723. The monoisotopic (exact) mass is 582 g/mol. The first-order valence-electron chi connectivity index (χ1n) is 14.5. The number of nitrogens with zero attached hydrogens (tertiary/aromatic N) is 5. The number of amides is 2. The molecule has 3 saturated heterocycles. The zero-order chi connectivity index (χ0) is 30.2. The van der Waals surface area contributed by atoms with Gasteiger partial charge in [0.15, 0.2) is 0 Å². The number of nitrogens with two attached hydrogens (primary N) is 1. The molecule has 41 heavy (non-hydrogen) atoms. The van der Waals surface area contributed by atoms with Crippen molar-refractivity contribution in [1.29, 1.82) is 0 Å². The molecule has 2 amide bonds. The molecule has 2 N–H and O–H groups in total. The summed E-state index contributed by atoms with van der Waals surface area (Å²) in [4.78, 5) is 60.9. The van der Waals surface area contributed by atoms with Crippen molar-refractivity contribution in [2.75, 3.05) is 65.6 Å². The number of esters is 2. The van der Waals surface area contributed by atoms with Crippen molar-refractivity contribution >= 4 is 30.1 Å². The van der Waals surface area contributed by atoms with Gasteiger partial charge in [-0.1, -0.05) is 0 Å². The molecule has 0 aromatic carbocycles. The first-order valence-corrected chi connectivity index (χ1v) is 14.5. The topological polar surface area (TPSA) is 157 Å². The standard InChI is InChI=1S/C27H46N6O8/c1-6-38-22(34)16-21(23(35)39-7-2)31-14-12-30(13-15-31)17-20-18-33(26(37)40-20)19-8-10-32(11-9-19)24(28)29-25(36)41-27(3,4)5/h19-21H,6-18H2,1-5H3,(H2,28,29,36). The fourth-order valence-corrected chi connectivity index (χ4v) is 5.31. The van der Waals surface area contributed by atoms with Crippen LogP contribution < -0.4 is 5.73 Å². The third-order valence-electron chi connectivity index (χ3n) is 7.26. The molecule has 0 saturated carbocycles. The molecule has 232 valence electrons. The lowest BCUT2D eigenvalue weighted by Gasteiger charge is -2.38. The third-order valence-corrected chi connectivity index (χ3v) is 7.26. The fourth-order valence-electron chi connectivity index (χ4n) is 5.31. The summed E-state index contributed by atoms with van der Waals surface area (Å²) in [7, 11) is 0. The van der Waals surface area contributed by atoms with Gasteiger partial charge in [-0.15, -0.1) is 4.99 Å². The maximum absolute atomic E-state index is 12.7. The highest BCUT2D eigenvalue weighted by atomic mass is 16.6. The molecule has 3 aliphatic rings. The Hall–Kier alpha value is -3.13. The summed E-state index contributed by atoms with van der Waals surface area (Å²) in [5.41, 5.74) is 5.38. The third kappa shape index (κ3) is 9.73. The first-order chi connectivity index (χ1) is 19.4. The molecule has 0 radical (unpaired) electrons. The quantitative estimate of drug-likeness (QED) is 0.178. The van der Waals surface area contributed by atoms with Crippen LogP contribution in [-0.2, 0) is 28.5 Å². The number of likely N-dealkylation sites (tertiary alicyclic amines) is 1. The van der Waals surface area contributed by atoms with Crippen LogP contribution in [0.1, 0.15) is 53.9 Å². The van der Waals surface area contributed by atoms with Gasteiger partial charge < -0.3 is 34.5 Å². The van der Waals surface area contributed by atoms with Gasteiger partial charge in [-0.3, -0.25) is 19.4 Å². The fraction of sp³-hybridized carbons (Fsp3) is 0.815. The molecule has 0 aliphatic carbocycles. The van der Waals surface area contributed by atoms with E-state index in [0.717, 1.165) is 0 Å². The SMILES string of the molecule is CCOC(=O)CC(C(=O)OCC)N1CCN(CC2CN(C3CCN(C(N)=NC(=O)OC(C)(C)C)CC3)C(=O)O2)CC1. The van der Waals surface area contributed by atoms with Crippen LogP contribution in [0.5, 0.6) is 0 Å². The van der Waals surface area contributed by atoms with Gasteiger partial charge >= 0.3 is 24.1 Å². The van der Waals surface area contributed by atoms with Crippen molar-refractivity contribution < 1.29 is 38.1 Å². The number of piperidine rings is 1. The average Bonchev–Trinajstić information content (AvgIpc) is 3.26. The van der Waals surface area contributed by atoms with Gasteiger partial charge in [-0.25, -0.2) is 9.59 Å². The van der Waals surface area contributed by atoms with Gasteiger partial charge in [0.1, 0.15) is 17.7 Å². The molecule has 3 fully saturated rings. The van der Waals surface area contributed by atoms with Gasteiger partial charge in [0.2, 0.25) is 5.96 Å². The Kier molecular flexibility index (Phi) is 11.6. The molecule has 3 aliphatic heterocycles. The van der Waals surface area contributed by atoms with E-state index in [9.17, 15) is 19.2 Å². The molecule has 3 heterocycles. The van der Waals surface area contributed by atoms with E-state index in [0.29, 0.717) is 65.2 Å². The second-order valence-corrected chi connectivity index (χ2v) is 11.4. The number of ether oxygens (including phenoxy) is 4. The van der Waals surface area contributed by atoms with Crippen molar-refractivity contribution in [3.63, 3.8) is 0 Å². The Labute approximate surface area is 242 Å². The van der Waals surface area contributed by atoms with Crippen LogP contribution >= 0.6 is 0 Å². The van der Waals surface area contributed by atoms with Gasteiger partial charge in [0.25, 0.3) is 0 Å². The number of hydrogen-bond acceptors (Lipinski definition) is 10. The van der Waals surface area contributed by atoms with Gasteiger partial charge in [0.05, 0.1) is 26.2 Å². The van der Waals surface area contributed by atoms with Crippen LogP contribution in [0.25, 0.3) is 0 Å². The molecule has 0 bridgehead atoms. The summed E-state index contributed by atoms with van der Waals surface area (Å²) in [5, 5.41) is 0. The van der Waals surface area contributed by atoms with Crippen LogP contribution in [0, 0.1) is 0 Å². The average molecular weight is 583 g/mol. The Morgan fingerprint density at radius 1 is 1.02 bits per heavy atom. The second kappa shape index (κ2) is 14.7. The number of piperazine rings is 1. The predicted octanol–water partition coefficient (Wildman–Crippen LogP) is 1.02. The van der Waals surface area contributed by atoms with E-state index < -0.39 is 29.7 Å². The highest BCUT2D eigenvalue weighted by Gasteiger charge is 2.39. The van der Waals surface area contributed by atoms with E-state index in [4.69, 9.17) is 24.7 Å². The molecule has 0 aromatic heterocycles. The zero-order valence-electron chi connectivity index (χ0n) is 25.0. The number of aliphatic imine (C=N–C) groups is 1. The lowest BCUT2D eigenvalue weighted by molar-refractivity contribution is -0.157. The van der Waals surface area contributed by atoms with Crippen LogP contribution in [0.4, 0.5) is 9.59 Å². The van der Waals surface area contributed by atoms with E-state index in [1.54, 1.807) is 39.5 Å². The van der Waals surface area contributed by atoms with E-state index >= 15 is 0 Å². The lowest BCUT2D eigenvalue weighted by atomic mass is 10.0. The largest absolute Gasteiger partial charge is 0.466 e. The highest BCUT2D eigenvalue weighted by molar-refractivity contribution is 5.89. The maximum Gasteiger partial charge on any atom is 0.437 e. The van der Waals surface area contributed by atoms with Crippen LogP contribution in [0.15, 0.2) is 4.99 Å². The number of carbonyl (C=O) groups is 4. The molecule has 2 atom stereocenters. The Morgan fingerprint density at radius 3 is 2.24 bits per heavy atom. The normalized spacial score (nSPS) is 22.3. The number of hydrogen-bond donors (Lipinski definition) is 1. The van der Waals surface area contributed by atoms with Gasteiger partial charge in [-0.05, 0) is 47.5 Å². The van der Waals surface area contributed by atoms with Crippen LogP contribution in [0.2, 0.25) is 0 Å². The highest BCUT2D eigenvalue weighted by Crippen LogP contribution is 2.24. The Balaban J connectivity index is 1.45. The minimum absolute atomic E-state index is 0.0168. The maximum atomic E-state index is 12.7. The van der Waals surface area contributed by atoms with E-state index in [2.05, 4.69) is 9.89 Å². The second-order valence-electron chi connectivity index (χ2n) is 11.4.